The molecule has 2 aromatic carbocycles. The van der Waals surface area contributed by atoms with Crippen molar-refractivity contribution < 1.29 is 18.8 Å². The molecule has 5 heteroatoms. The maximum absolute atomic E-state index is 12.0. The summed E-state index contributed by atoms with van der Waals surface area (Å²) in [5.74, 6) is 0.994. The number of rotatable bonds is 5. The van der Waals surface area contributed by atoms with Gasteiger partial charge in [-0.2, -0.15) is 0 Å². The summed E-state index contributed by atoms with van der Waals surface area (Å²) < 4.78 is 15.7. The van der Waals surface area contributed by atoms with Gasteiger partial charge in [-0.15, -0.1) is 0 Å². The number of hydrogen-bond acceptors (Lipinski definition) is 5. The second kappa shape index (κ2) is 7.00. The van der Waals surface area contributed by atoms with Crippen LogP contribution in [0, 0.1) is 6.92 Å². The molecule has 0 saturated carbocycles. The van der Waals surface area contributed by atoms with E-state index in [2.05, 4.69) is 5.16 Å². The SMILES string of the molecule is COc1ccc(-c2cc(COC(=O)c3ccc(C)cc3)no2)cc1. The predicted molar refractivity (Wildman–Crippen MR) is 88.8 cm³/mol. The zero-order valence-corrected chi connectivity index (χ0v) is 13.5. The molecule has 0 saturated heterocycles. The lowest BCUT2D eigenvalue weighted by atomic mass is 10.1. The Hall–Kier alpha value is -3.08. The number of carbonyl (C=O) groups is 1. The van der Waals surface area contributed by atoms with Crippen LogP contribution in [0.3, 0.4) is 0 Å². The average molecular weight is 323 g/mol. The van der Waals surface area contributed by atoms with Crippen molar-refractivity contribution in [2.24, 2.45) is 0 Å². The number of aromatic nitrogens is 1. The monoisotopic (exact) mass is 323 g/mol. The van der Waals surface area contributed by atoms with E-state index >= 15 is 0 Å². The molecule has 0 aliphatic heterocycles. The maximum Gasteiger partial charge on any atom is 0.338 e. The Balaban J connectivity index is 1.63. The van der Waals surface area contributed by atoms with Crippen molar-refractivity contribution in [3.8, 4) is 17.1 Å². The Morgan fingerprint density at radius 1 is 1.08 bits per heavy atom. The van der Waals surface area contributed by atoms with Gasteiger partial charge in [0.25, 0.3) is 0 Å². The van der Waals surface area contributed by atoms with E-state index in [0.29, 0.717) is 17.0 Å². The van der Waals surface area contributed by atoms with Crippen LogP contribution in [0.4, 0.5) is 0 Å². The highest BCUT2D eigenvalue weighted by Gasteiger charge is 2.11. The van der Waals surface area contributed by atoms with Crippen molar-refractivity contribution in [3.63, 3.8) is 0 Å². The van der Waals surface area contributed by atoms with Gasteiger partial charge < -0.3 is 14.0 Å². The Morgan fingerprint density at radius 3 is 2.46 bits per heavy atom. The smallest absolute Gasteiger partial charge is 0.338 e. The van der Waals surface area contributed by atoms with E-state index in [0.717, 1.165) is 16.9 Å². The Morgan fingerprint density at radius 2 is 1.79 bits per heavy atom. The summed E-state index contributed by atoms with van der Waals surface area (Å²) >= 11 is 0. The fourth-order valence-corrected chi connectivity index (χ4v) is 2.18. The molecule has 122 valence electrons. The lowest BCUT2D eigenvalue weighted by molar-refractivity contribution is 0.0464. The third kappa shape index (κ3) is 3.63. The van der Waals surface area contributed by atoms with Gasteiger partial charge in [-0.1, -0.05) is 22.9 Å². The van der Waals surface area contributed by atoms with Gasteiger partial charge in [0.1, 0.15) is 18.1 Å². The summed E-state index contributed by atoms with van der Waals surface area (Å²) in [6.45, 7) is 2.03. The van der Waals surface area contributed by atoms with Crippen LogP contribution in [0.25, 0.3) is 11.3 Å². The lowest BCUT2D eigenvalue weighted by Crippen LogP contribution is -2.05. The van der Waals surface area contributed by atoms with E-state index in [4.69, 9.17) is 14.0 Å². The molecule has 5 nitrogen and oxygen atoms in total. The molecular formula is C19H17NO4. The number of hydrogen-bond donors (Lipinski definition) is 0. The van der Waals surface area contributed by atoms with E-state index < -0.39 is 0 Å². The summed E-state index contributed by atoms with van der Waals surface area (Å²) in [6, 6.07) is 16.4. The summed E-state index contributed by atoms with van der Waals surface area (Å²) in [7, 11) is 1.62. The normalized spacial score (nSPS) is 10.4. The maximum atomic E-state index is 12.0. The first-order valence-corrected chi connectivity index (χ1v) is 7.49. The van der Waals surface area contributed by atoms with Gasteiger partial charge in [-0.05, 0) is 43.3 Å². The van der Waals surface area contributed by atoms with Crippen LogP contribution >= 0.6 is 0 Å². The van der Waals surface area contributed by atoms with E-state index in [9.17, 15) is 4.79 Å². The minimum absolute atomic E-state index is 0.0619. The molecule has 24 heavy (non-hydrogen) atoms. The van der Waals surface area contributed by atoms with Gasteiger partial charge in [0.05, 0.1) is 12.7 Å². The number of methoxy groups -OCH3 is 1. The first-order valence-electron chi connectivity index (χ1n) is 7.49. The second-order valence-corrected chi connectivity index (χ2v) is 5.35. The second-order valence-electron chi connectivity index (χ2n) is 5.35. The topological polar surface area (TPSA) is 61.6 Å². The highest BCUT2D eigenvalue weighted by atomic mass is 16.5. The van der Waals surface area contributed by atoms with E-state index in [-0.39, 0.29) is 12.6 Å². The fraction of sp³-hybridized carbons (Fsp3) is 0.158. The molecule has 3 aromatic rings. The molecule has 0 amide bonds. The largest absolute Gasteiger partial charge is 0.497 e. The zero-order chi connectivity index (χ0) is 16.9. The van der Waals surface area contributed by atoms with Crippen LogP contribution in [-0.4, -0.2) is 18.2 Å². The van der Waals surface area contributed by atoms with Crippen molar-refractivity contribution in [3.05, 3.63) is 71.4 Å². The van der Waals surface area contributed by atoms with Gasteiger partial charge in [-0.3, -0.25) is 0 Å². The van der Waals surface area contributed by atoms with Gasteiger partial charge in [0.15, 0.2) is 5.76 Å². The molecule has 3 rings (SSSR count). The molecule has 0 fully saturated rings. The molecule has 1 heterocycles. The average Bonchev–Trinajstić information content (AvgIpc) is 3.09. The molecule has 0 unspecified atom stereocenters. The van der Waals surface area contributed by atoms with Crippen LogP contribution < -0.4 is 4.74 Å². The molecule has 0 atom stereocenters. The quantitative estimate of drug-likeness (QED) is 0.664. The number of nitrogens with zero attached hydrogens (tertiary/aromatic N) is 1. The number of ether oxygens (including phenoxy) is 2. The fourth-order valence-electron chi connectivity index (χ4n) is 2.18. The third-order valence-corrected chi connectivity index (χ3v) is 3.57. The first kappa shape index (κ1) is 15.8. The van der Waals surface area contributed by atoms with Crippen molar-refractivity contribution in [1.82, 2.24) is 5.16 Å². The van der Waals surface area contributed by atoms with Gasteiger partial charge in [-0.25, -0.2) is 4.79 Å². The van der Waals surface area contributed by atoms with Crippen LogP contribution in [0.15, 0.2) is 59.1 Å². The van der Waals surface area contributed by atoms with Crippen LogP contribution in [0.5, 0.6) is 5.75 Å². The highest BCUT2D eigenvalue weighted by Crippen LogP contribution is 2.23. The summed E-state index contributed by atoms with van der Waals surface area (Å²) in [6.07, 6.45) is 0. The number of benzene rings is 2. The molecular weight excluding hydrogens is 306 g/mol. The van der Waals surface area contributed by atoms with Gasteiger partial charge >= 0.3 is 5.97 Å². The van der Waals surface area contributed by atoms with E-state index in [1.807, 2.05) is 43.3 Å². The van der Waals surface area contributed by atoms with Crippen molar-refractivity contribution in [1.29, 1.82) is 0 Å². The van der Waals surface area contributed by atoms with Crippen LogP contribution in [0.1, 0.15) is 21.6 Å². The van der Waals surface area contributed by atoms with Gasteiger partial charge in [0.2, 0.25) is 0 Å². The molecule has 0 aliphatic carbocycles. The standard InChI is InChI=1S/C19H17NO4/c1-13-3-5-15(6-4-13)19(21)23-12-16-11-18(24-20-16)14-7-9-17(22-2)10-8-14/h3-11H,12H2,1-2H3. The Bertz CT molecular complexity index is 819. The van der Waals surface area contributed by atoms with Crippen molar-refractivity contribution in [2.45, 2.75) is 13.5 Å². The molecule has 0 N–H and O–H groups in total. The number of carbonyl (C=O) groups excluding carboxylic acids is 1. The summed E-state index contributed by atoms with van der Waals surface area (Å²) in [5.41, 5.74) is 3.03. The third-order valence-electron chi connectivity index (χ3n) is 3.57. The predicted octanol–water partition coefficient (Wildman–Crippen LogP) is 4.02. The lowest BCUT2D eigenvalue weighted by Gasteiger charge is -2.02. The number of aryl methyl sites for hydroxylation is 1. The first-order chi connectivity index (χ1) is 11.7. The summed E-state index contributed by atoms with van der Waals surface area (Å²) in [4.78, 5) is 12.0. The molecule has 0 bridgehead atoms. The molecule has 1 aromatic heterocycles. The van der Waals surface area contributed by atoms with Gasteiger partial charge in [0, 0.05) is 11.6 Å². The van der Waals surface area contributed by atoms with Crippen molar-refractivity contribution in [2.75, 3.05) is 7.11 Å². The zero-order valence-electron chi connectivity index (χ0n) is 13.5. The van der Waals surface area contributed by atoms with Crippen molar-refractivity contribution >= 4 is 5.97 Å². The van der Waals surface area contributed by atoms with E-state index in [1.54, 1.807) is 25.3 Å². The number of esters is 1. The van der Waals surface area contributed by atoms with Crippen LogP contribution in [-0.2, 0) is 11.3 Å². The molecule has 0 aliphatic rings. The Kier molecular flexibility index (Phi) is 4.61. The summed E-state index contributed by atoms with van der Waals surface area (Å²) in [5, 5.41) is 3.93. The van der Waals surface area contributed by atoms with E-state index in [1.165, 1.54) is 0 Å². The molecule has 0 spiro atoms. The molecule has 0 radical (unpaired) electrons. The highest BCUT2D eigenvalue weighted by molar-refractivity contribution is 5.89. The minimum atomic E-state index is -0.385. The van der Waals surface area contributed by atoms with Crippen LogP contribution in [0.2, 0.25) is 0 Å². The Labute approximate surface area is 139 Å². The minimum Gasteiger partial charge on any atom is -0.497 e.